The van der Waals surface area contributed by atoms with Gasteiger partial charge in [-0.2, -0.15) is 0 Å². The molecule has 2 rings (SSSR count). The third-order valence-electron chi connectivity index (χ3n) is 4.72. The van der Waals surface area contributed by atoms with Crippen LogP contribution in [0, 0.1) is 0 Å². The number of rotatable bonds is 9. The molecule has 0 unspecified atom stereocenters. The number of esters is 3. The Kier molecular flexibility index (Phi) is 13.2. The minimum Gasteiger partial charge on any atom is -0.508 e. The molecule has 0 saturated heterocycles. The average molecular weight is 515 g/mol. The first-order chi connectivity index (χ1) is 17.4. The van der Waals surface area contributed by atoms with Crippen LogP contribution in [-0.2, 0) is 32.0 Å². The van der Waals surface area contributed by atoms with Crippen LogP contribution in [0.25, 0.3) is 0 Å². The zero-order valence-corrected chi connectivity index (χ0v) is 21.7. The smallest absolute Gasteiger partial charge is 0.308 e. The van der Waals surface area contributed by atoms with Crippen LogP contribution < -0.4 is 9.47 Å². The first-order valence-electron chi connectivity index (χ1n) is 11.5. The van der Waals surface area contributed by atoms with E-state index in [1.807, 2.05) is 26.0 Å². The number of aliphatic hydroxyl groups is 1. The molecule has 0 fully saturated rings. The molecule has 0 saturated carbocycles. The number of aliphatic hydroxyl groups excluding tert-OH is 1. The number of phenols is 2. The van der Waals surface area contributed by atoms with E-state index in [0.29, 0.717) is 24.3 Å². The molecule has 200 valence electrons. The highest BCUT2D eigenvalue weighted by Crippen LogP contribution is 2.26. The Bertz CT molecular complexity index is 1150. The van der Waals surface area contributed by atoms with Gasteiger partial charge in [0.15, 0.2) is 0 Å². The lowest BCUT2D eigenvalue weighted by Gasteiger charge is -2.10. The molecule has 0 aliphatic carbocycles. The molecule has 9 nitrogen and oxygen atoms in total. The monoisotopic (exact) mass is 514 g/mol. The number of ether oxygens (including phenoxy) is 3. The number of carbonyl (C=O) groups excluding carboxylic acids is 3. The molecule has 0 aliphatic rings. The fourth-order valence-electron chi connectivity index (χ4n) is 2.81. The van der Waals surface area contributed by atoms with E-state index in [1.165, 1.54) is 39.0 Å². The lowest BCUT2D eigenvalue weighted by molar-refractivity contribution is -0.140. The molecule has 0 bridgehead atoms. The van der Waals surface area contributed by atoms with Gasteiger partial charge in [-0.05, 0) is 55.5 Å². The number of carbonyl (C=O) groups is 3. The molecule has 0 atom stereocenters. The van der Waals surface area contributed by atoms with E-state index in [-0.39, 0.29) is 30.7 Å². The average Bonchev–Trinajstić information content (AvgIpc) is 2.81. The van der Waals surface area contributed by atoms with Crippen LogP contribution >= 0.6 is 0 Å². The van der Waals surface area contributed by atoms with E-state index in [0.717, 1.165) is 22.3 Å². The lowest BCUT2D eigenvalue weighted by atomic mass is 10.1. The van der Waals surface area contributed by atoms with Crippen LogP contribution in [0.15, 0.2) is 59.7 Å². The van der Waals surface area contributed by atoms with Crippen LogP contribution in [0.5, 0.6) is 23.0 Å². The maximum atomic E-state index is 11.2. The summed E-state index contributed by atoms with van der Waals surface area (Å²) in [5.74, 6) is -0.508. The summed E-state index contributed by atoms with van der Waals surface area (Å²) in [7, 11) is 0. The van der Waals surface area contributed by atoms with Crippen molar-refractivity contribution in [2.75, 3.05) is 13.2 Å². The lowest BCUT2D eigenvalue weighted by Crippen LogP contribution is -2.06. The third-order valence-corrected chi connectivity index (χ3v) is 4.72. The van der Waals surface area contributed by atoms with Crippen molar-refractivity contribution < 1.29 is 43.9 Å². The van der Waals surface area contributed by atoms with Crippen LogP contribution in [0.3, 0.4) is 0 Å². The number of phenolic OH excluding ortho intramolecular Hbond substituents is 2. The maximum Gasteiger partial charge on any atom is 0.308 e. The highest BCUT2D eigenvalue weighted by atomic mass is 16.5. The predicted octanol–water partition coefficient (Wildman–Crippen LogP) is 4.17. The summed E-state index contributed by atoms with van der Waals surface area (Å²) in [5, 5.41) is 27.2. The third kappa shape index (κ3) is 13.0. The zero-order valence-electron chi connectivity index (χ0n) is 21.7. The van der Waals surface area contributed by atoms with Crippen molar-refractivity contribution in [2.24, 2.45) is 0 Å². The van der Waals surface area contributed by atoms with Gasteiger partial charge in [-0.3, -0.25) is 14.4 Å². The van der Waals surface area contributed by atoms with Crippen molar-refractivity contribution in [3.8, 4) is 23.0 Å². The van der Waals surface area contributed by atoms with E-state index in [4.69, 9.17) is 24.4 Å². The molecule has 0 aromatic heterocycles. The van der Waals surface area contributed by atoms with Gasteiger partial charge in [0.1, 0.15) is 29.6 Å². The fraction of sp³-hybridized carbons (Fsp3) is 0.321. The Morgan fingerprint density at radius 3 is 1.92 bits per heavy atom. The molecular formula is C28H34O9. The molecule has 9 heteroatoms. The Labute approximate surface area is 216 Å². The van der Waals surface area contributed by atoms with Gasteiger partial charge in [0, 0.05) is 32.9 Å². The summed E-state index contributed by atoms with van der Waals surface area (Å²) in [6.07, 6.45) is 4.75. The van der Waals surface area contributed by atoms with Crippen molar-refractivity contribution in [3.63, 3.8) is 0 Å². The molecule has 0 amide bonds. The van der Waals surface area contributed by atoms with Gasteiger partial charge >= 0.3 is 17.9 Å². The van der Waals surface area contributed by atoms with Gasteiger partial charge in [0.2, 0.25) is 0 Å². The predicted molar refractivity (Wildman–Crippen MR) is 137 cm³/mol. The summed E-state index contributed by atoms with van der Waals surface area (Å²) in [6, 6.07) is 9.32. The second-order valence-corrected chi connectivity index (χ2v) is 8.22. The Balaban J connectivity index is 0.000000417. The van der Waals surface area contributed by atoms with Gasteiger partial charge in [-0.1, -0.05) is 29.9 Å². The molecule has 37 heavy (non-hydrogen) atoms. The molecule has 3 N–H and O–H groups in total. The standard InChI is InChI=1S/C17H20O6.C11H14O3/c1-11(10-21-12(2)18)5-6-15-7-8-16(22-13(3)19)9-17(15)23-14(4)20;1-8(7-12)2-3-9-4-5-10(13)6-11(9)14/h5,7-9H,6,10H2,1-4H3;2,4-6,12-14H,3,7H2,1H3/b11-5+;8-2+. The SMILES string of the molecule is C/C(=C\Cc1ccc(O)cc1O)CO.CC(=O)OC/C(C)=C/Cc1ccc(OC(C)=O)cc1OC(C)=O. The highest BCUT2D eigenvalue weighted by molar-refractivity contribution is 5.71. The minimum atomic E-state index is -0.466. The molecule has 0 spiro atoms. The summed E-state index contributed by atoms with van der Waals surface area (Å²) >= 11 is 0. The molecule has 0 aliphatic heterocycles. The quantitative estimate of drug-likeness (QED) is 0.255. The van der Waals surface area contributed by atoms with Crippen molar-refractivity contribution >= 4 is 17.9 Å². The van der Waals surface area contributed by atoms with Gasteiger partial charge in [0.05, 0.1) is 6.61 Å². The molecular weight excluding hydrogens is 480 g/mol. The Morgan fingerprint density at radius 1 is 0.757 bits per heavy atom. The normalized spacial score (nSPS) is 11.2. The van der Waals surface area contributed by atoms with Gasteiger partial charge in [-0.25, -0.2) is 0 Å². The summed E-state index contributed by atoms with van der Waals surface area (Å²) < 4.78 is 15.0. The zero-order chi connectivity index (χ0) is 28.0. The van der Waals surface area contributed by atoms with Crippen molar-refractivity contribution in [1.29, 1.82) is 0 Å². The van der Waals surface area contributed by atoms with E-state index >= 15 is 0 Å². The Hall–Kier alpha value is -4.11. The van der Waals surface area contributed by atoms with Crippen LogP contribution in [0.2, 0.25) is 0 Å². The van der Waals surface area contributed by atoms with E-state index in [9.17, 15) is 19.5 Å². The fourth-order valence-corrected chi connectivity index (χ4v) is 2.81. The van der Waals surface area contributed by atoms with Gasteiger partial charge in [-0.15, -0.1) is 0 Å². The summed E-state index contributed by atoms with van der Waals surface area (Å²) in [5.41, 5.74) is 3.21. The second-order valence-electron chi connectivity index (χ2n) is 8.22. The van der Waals surface area contributed by atoms with E-state index in [1.54, 1.807) is 18.2 Å². The van der Waals surface area contributed by atoms with Crippen LogP contribution in [0.4, 0.5) is 0 Å². The largest absolute Gasteiger partial charge is 0.508 e. The highest BCUT2D eigenvalue weighted by Gasteiger charge is 2.09. The first-order valence-corrected chi connectivity index (χ1v) is 11.5. The van der Waals surface area contributed by atoms with Gasteiger partial charge in [0.25, 0.3) is 0 Å². The Morgan fingerprint density at radius 2 is 1.35 bits per heavy atom. The van der Waals surface area contributed by atoms with Gasteiger partial charge < -0.3 is 29.5 Å². The van der Waals surface area contributed by atoms with Crippen molar-refractivity contribution in [2.45, 2.75) is 47.5 Å². The molecule has 0 radical (unpaired) electrons. The second kappa shape index (κ2) is 15.8. The number of allylic oxidation sites excluding steroid dienone is 2. The summed E-state index contributed by atoms with van der Waals surface area (Å²) in [4.78, 5) is 33.0. The number of aromatic hydroxyl groups is 2. The summed E-state index contributed by atoms with van der Waals surface area (Å²) in [6.45, 7) is 7.83. The number of hydrogen-bond acceptors (Lipinski definition) is 9. The molecule has 0 heterocycles. The van der Waals surface area contributed by atoms with E-state index < -0.39 is 11.9 Å². The van der Waals surface area contributed by atoms with E-state index in [2.05, 4.69) is 0 Å². The maximum absolute atomic E-state index is 11.2. The van der Waals surface area contributed by atoms with Crippen LogP contribution in [-0.4, -0.2) is 46.4 Å². The molecule has 2 aromatic rings. The molecule has 2 aromatic carbocycles. The topological polar surface area (TPSA) is 140 Å². The van der Waals surface area contributed by atoms with Crippen molar-refractivity contribution in [1.82, 2.24) is 0 Å². The first kappa shape index (κ1) is 30.9. The van der Waals surface area contributed by atoms with Crippen LogP contribution in [0.1, 0.15) is 45.7 Å². The number of benzene rings is 2. The van der Waals surface area contributed by atoms with Crippen molar-refractivity contribution in [3.05, 3.63) is 70.8 Å². The minimum absolute atomic E-state index is 0.0266. The number of hydrogen-bond donors (Lipinski definition) is 3.